The van der Waals surface area contributed by atoms with E-state index >= 15 is 0 Å². The topological polar surface area (TPSA) is 78.4 Å². The van der Waals surface area contributed by atoms with Crippen LogP contribution in [-0.2, 0) is 4.79 Å². The van der Waals surface area contributed by atoms with E-state index in [0.29, 0.717) is 5.92 Å². The zero-order valence-electron chi connectivity index (χ0n) is 12.3. The Labute approximate surface area is 115 Å². The Morgan fingerprint density at radius 1 is 1.21 bits per heavy atom. The summed E-state index contributed by atoms with van der Waals surface area (Å²) in [6, 6.07) is -1.10. The van der Waals surface area contributed by atoms with E-state index in [2.05, 4.69) is 17.6 Å². The van der Waals surface area contributed by atoms with Crippen LogP contribution in [0.2, 0.25) is 0 Å². The second-order valence-electron chi connectivity index (χ2n) is 6.62. The molecule has 1 aliphatic carbocycles. The third kappa shape index (κ3) is 4.73. The number of carbonyl (C=O) groups is 2. The minimum Gasteiger partial charge on any atom is -0.480 e. The number of carbonyl (C=O) groups excluding carboxylic acids is 1. The molecule has 110 valence electrons. The van der Waals surface area contributed by atoms with Crippen LogP contribution >= 0.6 is 0 Å². The fourth-order valence-electron chi connectivity index (χ4n) is 2.52. The van der Waals surface area contributed by atoms with Gasteiger partial charge in [-0.05, 0) is 24.2 Å². The van der Waals surface area contributed by atoms with E-state index in [-0.39, 0.29) is 12.1 Å². The van der Waals surface area contributed by atoms with Gasteiger partial charge in [0, 0.05) is 6.04 Å². The minimum absolute atomic E-state index is 0.156. The summed E-state index contributed by atoms with van der Waals surface area (Å²) in [5.74, 6) is -0.545. The fraction of sp³-hybridized carbons (Fsp3) is 0.857. The lowest BCUT2D eigenvalue weighted by molar-refractivity contribution is -0.141. The van der Waals surface area contributed by atoms with Crippen molar-refractivity contribution in [2.45, 2.75) is 65.5 Å². The van der Waals surface area contributed by atoms with Gasteiger partial charge in [-0.25, -0.2) is 9.59 Å². The lowest BCUT2D eigenvalue weighted by atomic mass is 9.85. The molecule has 5 heteroatoms. The van der Waals surface area contributed by atoms with Crippen molar-refractivity contribution in [2.24, 2.45) is 11.3 Å². The van der Waals surface area contributed by atoms with E-state index in [0.717, 1.165) is 19.3 Å². The molecule has 0 bridgehead atoms. The highest BCUT2D eigenvalue weighted by Gasteiger charge is 2.33. The highest BCUT2D eigenvalue weighted by Crippen LogP contribution is 2.24. The lowest BCUT2D eigenvalue weighted by Crippen LogP contribution is -2.55. The van der Waals surface area contributed by atoms with Gasteiger partial charge in [-0.2, -0.15) is 0 Å². The summed E-state index contributed by atoms with van der Waals surface area (Å²) in [6.45, 7) is 7.53. The molecule has 0 radical (unpaired) electrons. The second kappa shape index (κ2) is 6.26. The number of aliphatic carboxylic acids is 1. The van der Waals surface area contributed by atoms with Gasteiger partial charge in [0.2, 0.25) is 0 Å². The first-order chi connectivity index (χ1) is 8.71. The SMILES string of the molecule is CC1CCCCC1NC(=O)NC(C(=O)O)C(C)(C)C. The molecule has 0 aromatic rings. The highest BCUT2D eigenvalue weighted by atomic mass is 16.4. The first-order valence-corrected chi connectivity index (χ1v) is 7.01. The smallest absolute Gasteiger partial charge is 0.326 e. The molecule has 3 unspecified atom stereocenters. The van der Waals surface area contributed by atoms with E-state index < -0.39 is 17.4 Å². The number of hydrogen-bond donors (Lipinski definition) is 3. The summed E-state index contributed by atoms with van der Waals surface area (Å²) < 4.78 is 0. The van der Waals surface area contributed by atoms with Crippen LogP contribution in [0.15, 0.2) is 0 Å². The molecular weight excluding hydrogens is 244 g/mol. The summed E-state index contributed by atoms with van der Waals surface area (Å²) in [5.41, 5.74) is -0.513. The molecule has 0 spiro atoms. The molecule has 1 saturated carbocycles. The zero-order chi connectivity index (χ0) is 14.6. The molecule has 2 amide bonds. The number of hydrogen-bond acceptors (Lipinski definition) is 2. The average Bonchev–Trinajstić information content (AvgIpc) is 2.27. The monoisotopic (exact) mass is 270 g/mol. The van der Waals surface area contributed by atoms with Gasteiger partial charge in [0.25, 0.3) is 0 Å². The van der Waals surface area contributed by atoms with Crippen molar-refractivity contribution in [3.8, 4) is 0 Å². The van der Waals surface area contributed by atoms with Gasteiger partial charge in [-0.15, -0.1) is 0 Å². The largest absolute Gasteiger partial charge is 0.480 e. The molecule has 0 aromatic carbocycles. The van der Waals surface area contributed by atoms with Crippen LogP contribution in [0, 0.1) is 11.3 Å². The van der Waals surface area contributed by atoms with Crippen LogP contribution in [0.25, 0.3) is 0 Å². The van der Waals surface area contributed by atoms with Gasteiger partial charge in [0.05, 0.1) is 0 Å². The lowest BCUT2D eigenvalue weighted by Gasteiger charge is -2.32. The Morgan fingerprint density at radius 3 is 2.26 bits per heavy atom. The van der Waals surface area contributed by atoms with Gasteiger partial charge in [0.15, 0.2) is 0 Å². The maximum absolute atomic E-state index is 11.9. The maximum atomic E-state index is 11.9. The standard InChI is InChI=1S/C14H26N2O3/c1-9-7-5-6-8-10(9)15-13(19)16-11(12(17)18)14(2,3)4/h9-11H,5-8H2,1-4H3,(H,17,18)(H2,15,16,19). The van der Waals surface area contributed by atoms with Crippen molar-refractivity contribution < 1.29 is 14.7 Å². The summed E-state index contributed by atoms with van der Waals surface area (Å²) in [7, 11) is 0. The molecule has 0 aromatic heterocycles. The van der Waals surface area contributed by atoms with Crippen LogP contribution in [0.1, 0.15) is 53.4 Å². The van der Waals surface area contributed by atoms with Gasteiger partial charge in [0.1, 0.15) is 6.04 Å². The molecule has 3 N–H and O–H groups in total. The van der Waals surface area contributed by atoms with E-state index in [9.17, 15) is 14.7 Å². The maximum Gasteiger partial charge on any atom is 0.326 e. The number of nitrogens with one attached hydrogen (secondary N) is 2. The van der Waals surface area contributed by atoms with Crippen molar-refractivity contribution in [2.75, 3.05) is 0 Å². The van der Waals surface area contributed by atoms with Gasteiger partial charge in [-0.3, -0.25) is 0 Å². The Morgan fingerprint density at radius 2 is 1.79 bits per heavy atom. The normalized spacial score (nSPS) is 25.5. The van der Waals surface area contributed by atoms with Crippen molar-refractivity contribution in [3.63, 3.8) is 0 Å². The minimum atomic E-state index is -1.00. The quantitative estimate of drug-likeness (QED) is 0.736. The fourth-order valence-corrected chi connectivity index (χ4v) is 2.52. The van der Waals surface area contributed by atoms with Crippen LogP contribution in [0.5, 0.6) is 0 Å². The number of amides is 2. The van der Waals surface area contributed by atoms with Crippen LogP contribution in [0.4, 0.5) is 4.79 Å². The number of rotatable bonds is 3. The summed E-state index contributed by atoms with van der Waals surface area (Å²) >= 11 is 0. The highest BCUT2D eigenvalue weighted by molar-refractivity contribution is 5.83. The van der Waals surface area contributed by atoms with Crippen molar-refractivity contribution in [3.05, 3.63) is 0 Å². The number of carboxylic acids is 1. The molecular formula is C14H26N2O3. The van der Waals surface area contributed by atoms with Gasteiger partial charge in [-0.1, -0.05) is 40.5 Å². The van der Waals surface area contributed by atoms with Gasteiger partial charge >= 0.3 is 12.0 Å². The molecule has 3 atom stereocenters. The molecule has 1 rings (SSSR count). The molecule has 0 aliphatic heterocycles. The molecule has 5 nitrogen and oxygen atoms in total. The summed E-state index contributed by atoms with van der Waals surface area (Å²) in [4.78, 5) is 23.1. The Balaban J connectivity index is 2.55. The first kappa shape index (κ1) is 15.8. The van der Waals surface area contributed by atoms with Crippen LogP contribution in [0.3, 0.4) is 0 Å². The predicted molar refractivity (Wildman–Crippen MR) is 74.0 cm³/mol. The number of urea groups is 1. The predicted octanol–water partition coefficient (Wildman–Crippen LogP) is 2.36. The van der Waals surface area contributed by atoms with E-state index in [4.69, 9.17) is 0 Å². The van der Waals surface area contributed by atoms with E-state index in [1.165, 1.54) is 6.42 Å². The van der Waals surface area contributed by atoms with Crippen LogP contribution < -0.4 is 10.6 Å². The molecule has 1 aliphatic rings. The van der Waals surface area contributed by atoms with E-state index in [1.54, 1.807) is 20.8 Å². The number of carboxylic acid groups (broad SMARTS) is 1. The van der Waals surface area contributed by atoms with Crippen molar-refractivity contribution in [1.82, 2.24) is 10.6 Å². The van der Waals surface area contributed by atoms with Crippen molar-refractivity contribution >= 4 is 12.0 Å². The zero-order valence-corrected chi connectivity index (χ0v) is 12.3. The molecule has 0 heterocycles. The molecule has 1 fully saturated rings. The van der Waals surface area contributed by atoms with Gasteiger partial charge < -0.3 is 15.7 Å². The molecule has 19 heavy (non-hydrogen) atoms. The first-order valence-electron chi connectivity index (χ1n) is 7.01. The average molecular weight is 270 g/mol. The van der Waals surface area contributed by atoms with Crippen molar-refractivity contribution in [1.29, 1.82) is 0 Å². The van der Waals surface area contributed by atoms with E-state index in [1.807, 2.05) is 0 Å². The summed E-state index contributed by atoms with van der Waals surface area (Å²) in [6.07, 6.45) is 4.42. The molecule has 0 saturated heterocycles. The summed E-state index contributed by atoms with van der Waals surface area (Å²) in [5, 5.41) is 14.7. The Hall–Kier alpha value is -1.26. The Bertz CT molecular complexity index is 336. The Kier molecular flexibility index (Phi) is 5.20. The third-order valence-corrected chi connectivity index (χ3v) is 3.82. The third-order valence-electron chi connectivity index (χ3n) is 3.82. The van der Waals surface area contributed by atoms with Crippen LogP contribution in [-0.4, -0.2) is 29.2 Å². The second-order valence-corrected chi connectivity index (χ2v) is 6.62.